The first kappa shape index (κ1) is 26.8. The molecule has 0 aliphatic heterocycles. The van der Waals surface area contributed by atoms with Gasteiger partial charge in [0.1, 0.15) is 5.56 Å². The standard InChI is InChI=1S/C25H21F3N4O5S/c1-14-20(22-30-15(2)37-31-22)12-21(23(33)29-13-16-7-9-19(10-8-16)38(3,35)36)24(34)32(14)18-6-4-5-17(11-18)25(26,27)28/h4-12H,13H2,1-3H3,(H,29,33). The minimum Gasteiger partial charge on any atom is -0.348 e. The van der Waals surface area contributed by atoms with Gasteiger partial charge in [0.15, 0.2) is 9.84 Å². The van der Waals surface area contributed by atoms with Crippen LogP contribution in [0, 0.1) is 13.8 Å². The Labute approximate surface area is 214 Å². The number of pyridine rings is 1. The van der Waals surface area contributed by atoms with E-state index in [4.69, 9.17) is 4.52 Å². The number of halogens is 3. The lowest BCUT2D eigenvalue weighted by Gasteiger charge is -2.17. The molecule has 38 heavy (non-hydrogen) atoms. The molecule has 0 saturated carbocycles. The van der Waals surface area contributed by atoms with Crippen molar-refractivity contribution in [1.29, 1.82) is 0 Å². The van der Waals surface area contributed by atoms with E-state index in [9.17, 15) is 31.2 Å². The van der Waals surface area contributed by atoms with Gasteiger partial charge < -0.3 is 9.84 Å². The van der Waals surface area contributed by atoms with E-state index < -0.39 is 33.0 Å². The van der Waals surface area contributed by atoms with Gasteiger partial charge >= 0.3 is 6.18 Å². The van der Waals surface area contributed by atoms with E-state index in [1.807, 2.05) is 0 Å². The van der Waals surface area contributed by atoms with Crippen molar-refractivity contribution in [2.75, 3.05) is 6.26 Å². The number of benzene rings is 2. The first-order chi connectivity index (χ1) is 17.8. The molecular weight excluding hydrogens is 525 g/mol. The van der Waals surface area contributed by atoms with Crippen LogP contribution in [-0.4, -0.2) is 35.3 Å². The Balaban J connectivity index is 1.77. The average Bonchev–Trinajstić information content (AvgIpc) is 3.28. The lowest BCUT2D eigenvalue weighted by molar-refractivity contribution is -0.137. The molecule has 1 amide bonds. The number of sulfone groups is 1. The summed E-state index contributed by atoms with van der Waals surface area (Å²) in [6.07, 6.45) is -3.58. The van der Waals surface area contributed by atoms with Crippen LogP contribution in [-0.2, 0) is 22.6 Å². The van der Waals surface area contributed by atoms with Crippen molar-refractivity contribution in [3.8, 4) is 17.1 Å². The van der Waals surface area contributed by atoms with E-state index in [1.54, 1.807) is 0 Å². The number of alkyl halides is 3. The maximum atomic E-state index is 13.4. The van der Waals surface area contributed by atoms with E-state index in [2.05, 4.69) is 15.5 Å². The summed E-state index contributed by atoms with van der Waals surface area (Å²) in [4.78, 5) is 30.8. The number of carbonyl (C=O) groups is 1. The minimum atomic E-state index is -4.65. The molecule has 0 aliphatic carbocycles. The molecule has 4 aromatic rings. The van der Waals surface area contributed by atoms with Gasteiger partial charge in [-0.1, -0.05) is 23.4 Å². The quantitative estimate of drug-likeness (QED) is 0.390. The summed E-state index contributed by atoms with van der Waals surface area (Å²) in [6.45, 7) is 2.99. The third-order valence-corrected chi connectivity index (χ3v) is 6.83. The van der Waals surface area contributed by atoms with Crippen molar-refractivity contribution in [3.63, 3.8) is 0 Å². The molecule has 2 aromatic heterocycles. The van der Waals surface area contributed by atoms with Crippen LogP contribution in [0.1, 0.15) is 33.1 Å². The highest BCUT2D eigenvalue weighted by Gasteiger charge is 2.31. The summed E-state index contributed by atoms with van der Waals surface area (Å²) >= 11 is 0. The predicted octanol–water partition coefficient (Wildman–Crippen LogP) is 3.86. The molecule has 0 fully saturated rings. The van der Waals surface area contributed by atoms with E-state index in [0.29, 0.717) is 5.56 Å². The summed E-state index contributed by atoms with van der Waals surface area (Å²) in [5.41, 5.74) is -1.32. The lowest BCUT2D eigenvalue weighted by Crippen LogP contribution is -2.33. The van der Waals surface area contributed by atoms with Crippen LogP contribution in [0.25, 0.3) is 17.1 Å². The second-order valence-electron chi connectivity index (χ2n) is 8.48. The smallest absolute Gasteiger partial charge is 0.348 e. The summed E-state index contributed by atoms with van der Waals surface area (Å²) in [5.74, 6) is -0.546. The minimum absolute atomic E-state index is 0.0452. The van der Waals surface area contributed by atoms with E-state index in [-0.39, 0.29) is 45.7 Å². The first-order valence-electron chi connectivity index (χ1n) is 11.1. The number of nitrogens with one attached hydrogen (secondary N) is 1. The Morgan fingerprint density at radius 1 is 1.08 bits per heavy atom. The number of aryl methyl sites for hydroxylation is 1. The van der Waals surface area contributed by atoms with Gasteiger partial charge in [-0.15, -0.1) is 0 Å². The summed E-state index contributed by atoms with van der Waals surface area (Å²) < 4.78 is 69.4. The van der Waals surface area contributed by atoms with Gasteiger partial charge in [-0.25, -0.2) is 8.42 Å². The van der Waals surface area contributed by atoms with Crippen LogP contribution < -0.4 is 10.9 Å². The molecule has 2 heterocycles. The highest BCUT2D eigenvalue weighted by Crippen LogP contribution is 2.31. The average molecular weight is 547 g/mol. The van der Waals surface area contributed by atoms with Crippen LogP contribution in [0.5, 0.6) is 0 Å². The van der Waals surface area contributed by atoms with Crippen LogP contribution in [0.3, 0.4) is 0 Å². The van der Waals surface area contributed by atoms with Gasteiger partial charge in [-0.05, 0) is 48.9 Å². The van der Waals surface area contributed by atoms with Crippen molar-refractivity contribution in [3.05, 3.63) is 93.2 Å². The summed E-state index contributed by atoms with van der Waals surface area (Å²) in [5, 5.41) is 6.41. The van der Waals surface area contributed by atoms with Crippen LogP contribution in [0.4, 0.5) is 13.2 Å². The maximum Gasteiger partial charge on any atom is 0.416 e. The molecule has 9 nitrogen and oxygen atoms in total. The molecule has 13 heteroatoms. The number of hydrogen-bond acceptors (Lipinski definition) is 7. The molecule has 2 aromatic carbocycles. The van der Waals surface area contributed by atoms with Gasteiger partial charge in [0, 0.05) is 36.7 Å². The third-order valence-electron chi connectivity index (χ3n) is 5.70. The number of carbonyl (C=O) groups excluding carboxylic acids is 1. The fourth-order valence-corrected chi connectivity index (χ4v) is 4.40. The molecule has 0 saturated heterocycles. The number of rotatable bonds is 6. The zero-order valence-corrected chi connectivity index (χ0v) is 21.1. The molecule has 0 atom stereocenters. The molecule has 1 N–H and O–H groups in total. The Hall–Kier alpha value is -4.26. The molecule has 0 spiro atoms. The van der Waals surface area contributed by atoms with Crippen molar-refractivity contribution in [2.45, 2.75) is 31.5 Å². The van der Waals surface area contributed by atoms with Gasteiger partial charge in [0.05, 0.1) is 10.5 Å². The van der Waals surface area contributed by atoms with Crippen LogP contribution in [0.15, 0.2) is 68.8 Å². The fraction of sp³-hybridized carbons (Fsp3) is 0.200. The second-order valence-corrected chi connectivity index (χ2v) is 10.5. The molecule has 198 valence electrons. The highest BCUT2D eigenvalue weighted by molar-refractivity contribution is 7.90. The zero-order chi connectivity index (χ0) is 27.8. The highest BCUT2D eigenvalue weighted by atomic mass is 32.2. The number of nitrogens with zero attached hydrogens (tertiary/aromatic N) is 3. The van der Waals surface area contributed by atoms with Gasteiger partial charge in [0.2, 0.25) is 11.7 Å². The molecule has 0 bridgehead atoms. The number of amides is 1. The lowest BCUT2D eigenvalue weighted by atomic mass is 10.1. The Bertz CT molecular complexity index is 1690. The topological polar surface area (TPSA) is 124 Å². The van der Waals surface area contributed by atoms with Gasteiger partial charge in [-0.2, -0.15) is 18.2 Å². The number of aromatic nitrogens is 3. The molecule has 0 unspecified atom stereocenters. The Kier molecular flexibility index (Phi) is 6.98. The van der Waals surface area contributed by atoms with Gasteiger partial charge in [0.25, 0.3) is 11.5 Å². The van der Waals surface area contributed by atoms with E-state index >= 15 is 0 Å². The SMILES string of the molecule is Cc1nc(-c2cc(C(=O)NCc3ccc(S(C)(=O)=O)cc3)c(=O)n(-c3cccc(C(F)(F)F)c3)c2C)no1. The maximum absolute atomic E-state index is 13.4. The van der Waals surface area contributed by atoms with Gasteiger partial charge in [-0.3, -0.25) is 14.2 Å². The molecule has 0 radical (unpaired) electrons. The van der Waals surface area contributed by atoms with E-state index in [1.165, 1.54) is 50.2 Å². The van der Waals surface area contributed by atoms with Crippen molar-refractivity contribution >= 4 is 15.7 Å². The monoisotopic (exact) mass is 546 g/mol. The third kappa shape index (κ3) is 5.52. The second kappa shape index (κ2) is 9.89. The molecule has 4 rings (SSSR count). The van der Waals surface area contributed by atoms with E-state index in [0.717, 1.165) is 29.0 Å². The largest absolute Gasteiger partial charge is 0.416 e. The van der Waals surface area contributed by atoms with Crippen LogP contribution >= 0.6 is 0 Å². The fourth-order valence-electron chi connectivity index (χ4n) is 3.77. The Morgan fingerprint density at radius 2 is 1.76 bits per heavy atom. The first-order valence-corrected chi connectivity index (χ1v) is 13.0. The summed E-state index contributed by atoms with van der Waals surface area (Å²) in [7, 11) is -3.40. The number of hydrogen-bond donors (Lipinski definition) is 1. The van der Waals surface area contributed by atoms with Crippen molar-refractivity contribution in [2.24, 2.45) is 0 Å². The Morgan fingerprint density at radius 3 is 2.34 bits per heavy atom. The normalized spacial score (nSPS) is 11.9. The van der Waals surface area contributed by atoms with Crippen LogP contribution in [0.2, 0.25) is 0 Å². The molecular formula is C25H21F3N4O5S. The summed E-state index contributed by atoms with van der Waals surface area (Å²) in [6, 6.07) is 11.2. The molecule has 0 aliphatic rings. The zero-order valence-electron chi connectivity index (χ0n) is 20.3. The van der Waals surface area contributed by atoms with Crippen molar-refractivity contribution < 1.29 is 30.9 Å². The predicted molar refractivity (Wildman–Crippen MR) is 131 cm³/mol. The van der Waals surface area contributed by atoms with Crippen molar-refractivity contribution in [1.82, 2.24) is 20.0 Å².